The van der Waals surface area contributed by atoms with E-state index in [2.05, 4.69) is 25.0 Å². The molecule has 1 saturated heterocycles. The van der Waals surface area contributed by atoms with Crippen LogP contribution < -0.4 is 4.90 Å². The van der Waals surface area contributed by atoms with E-state index in [1.165, 1.54) is 17.7 Å². The van der Waals surface area contributed by atoms with Crippen LogP contribution in [0.3, 0.4) is 0 Å². The Labute approximate surface area is 181 Å². The van der Waals surface area contributed by atoms with Gasteiger partial charge in [0.15, 0.2) is 0 Å². The molecule has 0 spiro atoms. The first kappa shape index (κ1) is 19.0. The lowest BCUT2D eigenvalue weighted by Crippen LogP contribution is -2.49. The van der Waals surface area contributed by atoms with Crippen LogP contribution in [-0.4, -0.2) is 61.6 Å². The molecule has 0 saturated carbocycles. The average molecular weight is 440 g/mol. The molecular formula is C20H18ClN7OS. The molecule has 0 unspecified atom stereocenters. The molecule has 1 fully saturated rings. The van der Waals surface area contributed by atoms with E-state index in [0.717, 1.165) is 22.1 Å². The van der Waals surface area contributed by atoms with Crippen LogP contribution in [-0.2, 0) is 0 Å². The van der Waals surface area contributed by atoms with Gasteiger partial charge in [0.2, 0.25) is 0 Å². The van der Waals surface area contributed by atoms with Gasteiger partial charge in [0.05, 0.1) is 0 Å². The van der Waals surface area contributed by atoms with Crippen LogP contribution in [0.25, 0.3) is 16.3 Å². The van der Waals surface area contributed by atoms with Gasteiger partial charge < -0.3 is 9.80 Å². The first-order valence-electron chi connectivity index (χ1n) is 9.51. The first-order valence-corrected chi connectivity index (χ1v) is 10.8. The Morgan fingerprint density at radius 1 is 1.13 bits per heavy atom. The summed E-state index contributed by atoms with van der Waals surface area (Å²) in [5, 5.41) is 7.54. The van der Waals surface area contributed by atoms with E-state index in [4.69, 9.17) is 11.6 Å². The quantitative estimate of drug-likeness (QED) is 0.487. The van der Waals surface area contributed by atoms with Crippen LogP contribution >= 0.6 is 22.9 Å². The number of halogens is 1. The molecule has 0 bridgehead atoms. The second kappa shape index (κ2) is 7.66. The number of carbonyl (C=O) groups is 1. The molecule has 1 amide bonds. The Morgan fingerprint density at radius 3 is 2.77 bits per heavy atom. The Balaban J connectivity index is 1.30. The largest absolute Gasteiger partial charge is 0.353 e. The van der Waals surface area contributed by atoms with Crippen LogP contribution in [0.1, 0.15) is 16.2 Å². The minimum atomic E-state index is -0.0454. The minimum absolute atomic E-state index is 0.0454. The Hall–Kier alpha value is -3.04. The molecule has 8 nitrogen and oxygen atoms in total. The summed E-state index contributed by atoms with van der Waals surface area (Å²) in [6.07, 6.45) is 1.50. The van der Waals surface area contributed by atoms with Crippen molar-refractivity contribution < 1.29 is 4.79 Å². The summed E-state index contributed by atoms with van der Waals surface area (Å²) in [5.74, 6) is 1.48. The van der Waals surface area contributed by atoms with Gasteiger partial charge in [-0.3, -0.25) is 4.79 Å². The highest BCUT2D eigenvalue weighted by atomic mass is 35.5. The summed E-state index contributed by atoms with van der Waals surface area (Å²) in [6.45, 7) is 4.57. The fraction of sp³-hybridized carbons (Fsp3) is 0.250. The number of anilines is 1. The molecule has 0 atom stereocenters. The number of hydrogen-bond donors (Lipinski definition) is 0. The predicted octanol–water partition coefficient (Wildman–Crippen LogP) is 3.17. The molecule has 0 aliphatic carbocycles. The number of fused-ring (bicyclic) bond motifs is 1. The molecule has 1 aliphatic rings. The van der Waals surface area contributed by atoms with Crippen molar-refractivity contribution in [2.75, 3.05) is 31.1 Å². The maximum absolute atomic E-state index is 13.0. The van der Waals surface area contributed by atoms with Gasteiger partial charge in [0, 0.05) is 53.9 Å². The zero-order valence-electron chi connectivity index (χ0n) is 16.2. The number of carbonyl (C=O) groups excluding carboxylic acids is 1. The SMILES string of the molecule is Cc1cc(N2CCN(C(=O)c3csc(-c4cccc(Cl)c4)n3)CC2)n2ncnc2n1. The maximum Gasteiger partial charge on any atom is 0.273 e. The molecule has 10 heteroatoms. The number of piperazine rings is 1. The summed E-state index contributed by atoms with van der Waals surface area (Å²) in [5.41, 5.74) is 2.28. The fourth-order valence-electron chi connectivity index (χ4n) is 3.56. The van der Waals surface area contributed by atoms with E-state index < -0.39 is 0 Å². The molecule has 1 aliphatic heterocycles. The highest BCUT2D eigenvalue weighted by molar-refractivity contribution is 7.13. The zero-order chi connectivity index (χ0) is 20.7. The third-order valence-electron chi connectivity index (χ3n) is 5.05. The molecule has 1 aromatic carbocycles. The zero-order valence-corrected chi connectivity index (χ0v) is 17.8. The number of nitrogens with zero attached hydrogens (tertiary/aromatic N) is 7. The molecule has 152 valence electrons. The Kier molecular flexibility index (Phi) is 4.84. The van der Waals surface area contributed by atoms with Crippen molar-refractivity contribution in [2.45, 2.75) is 6.92 Å². The summed E-state index contributed by atoms with van der Waals surface area (Å²) >= 11 is 7.52. The molecule has 4 aromatic rings. The van der Waals surface area contributed by atoms with Gasteiger partial charge in [-0.15, -0.1) is 11.3 Å². The van der Waals surface area contributed by atoms with Crippen LogP contribution in [0.15, 0.2) is 42.0 Å². The van der Waals surface area contributed by atoms with Crippen LogP contribution in [0, 0.1) is 6.92 Å². The van der Waals surface area contributed by atoms with E-state index >= 15 is 0 Å². The lowest BCUT2D eigenvalue weighted by molar-refractivity contribution is 0.0741. The van der Waals surface area contributed by atoms with Gasteiger partial charge >= 0.3 is 0 Å². The lowest BCUT2D eigenvalue weighted by Gasteiger charge is -2.35. The monoisotopic (exact) mass is 439 g/mol. The summed E-state index contributed by atoms with van der Waals surface area (Å²) in [7, 11) is 0. The van der Waals surface area contributed by atoms with E-state index in [9.17, 15) is 4.79 Å². The Bertz CT molecular complexity index is 1230. The highest BCUT2D eigenvalue weighted by Gasteiger charge is 2.25. The number of benzene rings is 1. The molecule has 5 rings (SSSR count). The average Bonchev–Trinajstić information content (AvgIpc) is 3.42. The van der Waals surface area contributed by atoms with Crippen molar-refractivity contribution in [1.82, 2.24) is 29.5 Å². The predicted molar refractivity (Wildman–Crippen MR) is 116 cm³/mol. The summed E-state index contributed by atoms with van der Waals surface area (Å²) < 4.78 is 1.74. The third-order valence-corrected chi connectivity index (χ3v) is 6.17. The topological polar surface area (TPSA) is 79.5 Å². The Morgan fingerprint density at radius 2 is 1.97 bits per heavy atom. The fourth-order valence-corrected chi connectivity index (χ4v) is 4.54. The smallest absolute Gasteiger partial charge is 0.273 e. The molecule has 0 radical (unpaired) electrons. The number of amides is 1. The lowest BCUT2D eigenvalue weighted by atomic mass is 10.2. The number of aromatic nitrogens is 5. The standard InChI is InChI=1S/C20H18ClN7OS/c1-13-9-17(28-20(24-13)22-12-23-28)26-5-7-27(8-6-26)19(29)16-11-30-18(25-16)14-3-2-4-15(21)10-14/h2-4,9-12H,5-8H2,1H3. The van der Waals surface area contributed by atoms with Crippen molar-refractivity contribution in [3.63, 3.8) is 0 Å². The van der Waals surface area contributed by atoms with Crippen LogP contribution in [0.5, 0.6) is 0 Å². The van der Waals surface area contributed by atoms with Crippen molar-refractivity contribution in [3.8, 4) is 10.6 Å². The van der Waals surface area contributed by atoms with Gasteiger partial charge in [0.1, 0.15) is 22.8 Å². The molecule has 3 aromatic heterocycles. The van der Waals surface area contributed by atoms with E-state index in [1.54, 1.807) is 4.52 Å². The second-order valence-electron chi connectivity index (χ2n) is 7.06. The second-order valence-corrected chi connectivity index (χ2v) is 8.35. The van der Waals surface area contributed by atoms with Gasteiger partial charge in [-0.05, 0) is 19.1 Å². The number of hydrogen-bond acceptors (Lipinski definition) is 7. The molecule has 30 heavy (non-hydrogen) atoms. The van der Waals surface area contributed by atoms with Crippen LogP contribution in [0.4, 0.5) is 5.82 Å². The number of thiazole rings is 1. The molecule has 0 N–H and O–H groups in total. The summed E-state index contributed by atoms with van der Waals surface area (Å²) in [4.78, 5) is 30.1. The van der Waals surface area contributed by atoms with Crippen molar-refractivity contribution in [3.05, 3.63) is 58.4 Å². The molecule has 4 heterocycles. The minimum Gasteiger partial charge on any atom is -0.353 e. The highest BCUT2D eigenvalue weighted by Crippen LogP contribution is 2.27. The van der Waals surface area contributed by atoms with E-state index in [0.29, 0.717) is 42.7 Å². The van der Waals surface area contributed by atoms with Gasteiger partial charge in [0.25, 0.3) is 11.7 Å². The normalized spacial score (nSPS) is 14.5. The number of aryl methyl sites for hydroxylation is 1. The van der Waals surface area contributed by atoms with Crippen molar-refractivity contribution in [1.29, 1.82) is 0 Å². The van der Waals surface area contributed by atoms with Crippen LogP contribution in [0.2, 0.25) is 5.02 Å². The molecular weight excluding hydrogens is 422 g/mol. The maximum atomic E-state index is 13.0. The van der Waals surface area contributed by atoms with Crippen molar-refractivity contribution in [2.24, 2.45) is 0 Å². The number of rotatable bonds is 3. The van der Waals surface area contributed by atoms with Crippen molar-refractivity contribution >= 4 is 40.4 Å². The first-order chi connectivity index (χ1) is 14.6. The van der Waals surface area contributed by atoms with Gasteiger partial charge in [-0.1, -0.05) is 23.7 Å². The summed E-state index contributed by atoms with van der Waals surface area (Å²) in [6, 6.07) is 9.50. The van der Waals surface area contributed by atoms with Gasteiger partial charge in [-0.25, -0.2) is 9.97 Å². The van der Waals surface area contributed by atoms with Gasteiger partial charge in [-0.2, -0.15) is 14.6 Å². The van der Waals surface area contributed by atoms with E-state index in [-0.39, 0.29) is 5.91 Å². The third kappa shape index (κ3) is 3.50. The van der Waals surface area contributed by atoms with E-state index in [1.807, 2.05) is 47.5 Å².